The van der Waals surface area contributed by atoms with Gasteiger partial charge < -0.3 is 19.8 Å². The van der Waals surface area contributed by atoms with Crippen molar-refractivity contribution in [3.05, 3.63) is 12.2 Å². The number of carbonyl (C=O) groups is 2. The Labute approximate surface area is 200 Å². The molecule has 98 valence electrons. The Morgan fingerprint density at radius 3 is 2.11 bits per heavy atom. The Balaban J connectivity index is -0.00000128. The number of hydrogen-bond donors (Lipinski definition) is 0. The van der Waals surface area contributed by atoms with E-state index >= 15 is 0 Å². The molecular weight excluding hydrogens is 298 g/mol. The maximum atomic E-state index is 10.6. The zero-order valence-corrected chi connectivity index (χ0v) is 18.6. The third kappa shape index (κ3) is 17.9. The molecule has 0 rings (SSSR count). The number of carbonyl (C=O) groups excluding carboxylic acids is 2. The van der Waals surface area contributed by atoms with Gasteiger partial charge in [0.25, 0.3) is 0 Å². The van der Waals surface area contributed by atoms with E-state index in [4.69, 9.17) is 0 Å². The molecule has 1 atom stereocenters. The molecule has 4 nitrogen and oxygen atoms in total. The van der Waals surface area contributed by atoms with Gasteiger partial charge in [0.15, 0.2) is 0 Å². The first kappa shape index (κ1) is 25.9. The fourth-order valence-corrected chi connectivity index (χ4v) is 1.54. The van der Waals surface area contributed by atoms with Crippen LogP contribution in [0.5, 0.6) is 0 Å². The minimum atomic E-state index is -1.37. The van der Waals surface area contributed by atoms with Crippen LogP contribution in [0.15, 0.2) is 12.2 Å². The summed E-state index contributed by atoms with van der Waals surface area (Å²) in [4.78, 5) is 20.9. The molecule has 0 aliphatic heterocycles. The van der Waals surface area contributed by atoms with Crippen molar-refractivity contribution in [3.63, 3.8) is 0 Å². The van der Waals surface area contributed by atoms with Crippen molar-refractivity contribution in [1.29, 1.82) is 0 Å². The fraction of sp³-hybridized carbons (Fsp3) is 0.692. The van der Waals surface area contributed by atoms with Crippen LogP contribution in [0.25, 0.3) is 0 Å². The molecule has 0 heterocycles. The minimum absolute atomic E-state index is 0. The third-order valence-electron chi connectivity index (χ3n) is 2.53. The summed E-state index contributed by atoms with van der Waals surface area (Å²) in [6, 6.07) is 0. The van der Waals surface area contributed by atoms with Crippen LogP contribution < -0.4 is 113 Å². The van der Waals surface area contributed by atoms with Crippen molar-refractivity contribution < 1.29 is 123 Å². The number of unbranched alkanes of at least 4 members (excludes halogenated alkanes) is 5. The molecule has 0 N–H and O–H groups in total. The first-order valence-electron chi connectivity index (χ1n) is 6.15. The van der Waals surface area contributed by atoms with Gasteiger partial charge >= 0.3 is 103 Å². The first-order valence-corrected chi connectivity index (χ1v) is 6.15. The number of rotatable bonds is 10. The van der Waals surface area contributed by atoms with E-state index in [1.54, 1.807) is 6.08 Å². The predicted molar refractivity (Wildman–Crippen MR) is 60.6 cm³/mol. The summed E-state index contributed by atoms with van der Waals surface area (Å²) in [6.07, 6.45) is 9.09. The van der Waals surface area contributed by atoms with Gasteiger partial charge in [-0.05, 0) is 19.3 Å². The second-order valence-corrected chi connectivity index (χ2v) is 4.13. The normalized spacial score (nSPS) is 11.4. The van der Waals surface area contributed by atoms with E-state index in [-0.39, 0.29) is 103 Å². The Hall–Kier alpha value is 1.95. The predicted octanol–water partition coefficient (Wildman–Crippen LogP) is -5.58. The molecule has 0 aliphatic rings. The second-order valence-electron chi connectivity index (χ2n) is 4.13. The van der Waals surface area contributed by atoms with Crippen LogP contribution in [-0.4, -0.2) is 11.9 Å². The molecule has 19 heavy (non-hydrogen) atoms. The summed E-state index contributed by atoms with van der Waals surface area (Å²) < 4.78 is 0. The van der Waals surface area contributed by atoms with Crippen LogP contribution >= 0.6 is 0 Å². The first-order chi connectivity index (χ1) is 8.07. The summed E-state index contributed by atoms with van der Waals surface area (Å²) >= 11 is 0. The van der Waals surface area contributed by atoms with Gasteiger partial charge in [0.1, 0.15) is 0 Å². The van der Waals surface area contributed by atoms with Gasteiger partial charge in [-0.3, -0.25) is 0 Å². The summed E-state index contributed by atoms with van der Waals surface area (Å²) in [5, 5.41) is 20.9. The summed E-state index contributed by atoms with van der Waals surface area (Å²) in [5.74, 6) is -3.81. The molecule has 0 aromatic carbocycles. The van der Waals surface area contributed by atoms with Crippen molar-refractivity contribution in [2.75, 3.05) is 0 Å². The quantitative estimate of drug-likeness (QED) is 0.229. The van der Waals surface area contributed by atoms with E-state index in [0.717, 1.165) is 19.3 Å². The molecule has 1 unspecified atom stereocenters. The molecule has 0 fully saturated rings. The SMILES string of the molecule is CCCCCCC/C=C/C(CC(=O)[O-])C(=O)[O-].[K+].[K+]. The molecule has 0 aromatic rings. The van der Waals surface area contributed by atoms with Gasteiger partial charge in [-0.25, -0.2) is 0 Å². The maximum absolute atomic E-state index is 10.6. The van der Waals surface area contributed by atoms with Crippen molar-refractivity contribution in [2.24, 2.45) is 5.92 Å². The average Bonchev–Trinajstić information content (AvgIpc) is 2.25. The zero-order chi connectivity index (χ0) is 13.1. The van der Waals surface area contributed by atoms with Crippen molar-refractivity contribution in [2.45, 2.75) is 51.9 Å². The third-order valence-corrected chi connectivity index (χ3v) is 2.53. The molecule has 0 saturated heterocycles. The topological polar surface area (TPSA) is 80.3 Å². The smallest absolute Gasteiger partial charge is 0.550 e. The standard InChI is InChI=1S/C13H22O4.2K/c1-2-3-4-5-6-7-8-9-11(13(16)17)10-12(14)15;;/h8-9,11H,2-7,10H2,1H3,(H,14,15)(H,16,17);;/q;2*+1/p-2/b9-8+;;. The molecule has 0 aliphatic carbocycles. The molecule has 6 heteroatoms. The van der Waals surface area contributed by atoms with Gasteiger partial charge in [-0.1, -0.05) is 44.8 Å². The largest absolute Gasteiger partial charge is 1.00 e. The molecule has 0 amide bonds. The summed E-state index contributed by atoms with van der Waals surface area (Å²) in [6.45, 7) is 2.14. The minimum Gasteiger partial charge on any atom is -0.550 e. The zero-order valence-electron chi connectivity index (χ0n) is 12.3. The van der Waals surface area contributed by atoms with Crippen molar-refractivity contribution in [3.8, 4) is 0 Å². The summed E-state index contributed by atoms with van der Waals surface area (Å²) in [5.41, 5.74) is 0. The van der Waals surface area contributed by atoms with Crippen molar-refractivity contribution in [1.82, 2.24) is 0 Å². The average molecular weight is 318 g/mol. The van der Waals surface area contributed by atoms with E-state index in [1.807, 2.05) is 0 Å². The van der Waals surface area contributed by atoms with Gasteiger partial charge in [0.05, 0.1) is 0 Å². The van der Waals surface area contributed by atoms with Gasteiger partial charge in [-0.15, -0.1) is 0 Å². The Kier molecular flexibility index (Phi) is 24.5. The number of carboxylic acids is 2. The van der Waals surface area contributed by atoms with E-state index in [9.17, 15) is 19.8 Å². The number of aliphatic carboxylic acids is 2. The van der Waals surface area contributed by atoms with Gasteiger partial charge in [-0.2, -0.15) is 0 Å². The number of hydrogen-bond acceptors (Lipinski definition) is 4. The van der Waals surface area contributed by atoms with Gasteiger partial charge in [0, 0.05) is 17.9 Å². The second kappa shape index (κ2) is 18.0. The Bertz CT molecular complexity index is 267. The van der Waals surface area contributed by atoms with Crippen LogP contribution in [-0.2, 0) is 9.59 Å². The monoisotopic (exact) mass is 318 g/mol. The van der Waals surface area contributed by atoms with E-state index in [1.165, 1.54) is 25.3 Å². The van der Waals surface area contributed by atoms with E-state index in [2.05, 4.69) is 6.92 Å². The van der Waals surface area contributed by atoms with Crippen LogP contribution in [0.3, 0.4) is 0 Å². The molecule has 0 bridgehead atoms. The maximum Gasteiger partial charge on any atom is 1.00 e. The summed E-state index contributed by atoms with van der Waals surface area (Å²) in [7, 11) is 0. The van der Waals surface area contributed by atoms with Crippen LogP contribution in [0.1, 0.15) is 51.9 Å². The number of allylic oxidation sites excluding steroid dienone is 1. The Morgan fingerprint density at radius 1 is 1.05 bits per heavy atom. The molecule has 0 radical (unpaired) electrons. The van der Waals surface area contributed by atoms with E-state index in [0.29, 0.717) is 0 Å². The van der Waals surface area contributed by atoms with Crippen LogP contribution in [0.4, 0.5) is 0 Å². The number of carboxylic acid groups (broad SMARTS) is 2. The molecular formula is C13H20K2O4. The molecule has 0 saturated carbocycles. The van der Waals surface area contributed by atoms with Crippen LogP contribution in [0, 0.1) is 5.92 Å². The fourth-order valence-electron chi connectivity index (χ4n) is 1.54. The van der Waals surface area contributed by atoms with Gasteiger partial charge in [0.2, 0.25) is 0 Å². The Morgan fingerprint density at radius 2 is 1.63 bits per heavy atom. The molecule has 0 spiro atoms. The van der Waals surface area contributed by atoms with Crippen LogP contribution in [0.2, 0.25) is 0 Å². The molecule has 0 aromatic heterocycles. The van der Waals surface area contributed by atoms with E-state index < -0.39 is 24.3 Å². The van der Waals surface area contributed by atoms with Crippen molar-refractivity contribution >= 4 is 11.9 Å².